The highest BCUT2D eigenvalue weighted by Crippen LogP contribution is 2.27. The van der Waals surface area contributed by atoms with Crippen LogP contribution in [0, 0.1) is 0 Å². The molecule has 0 radical (unpaired) electrons. The molecular formula is C30H27BrN2O4. The number of para-hydroxylation sites is 1. The lowest BCUT2D eigenvalue weighted by atomic mass is 10.1. The molecule has 0 aliphatic carbocycles. The van der Waals surface area contributed by atoms with E-state index in [1.54, 1.807) is 66.7 Å². The molecule has 0 fully saturated rings. The Balaban J connectivity index is 1.39. The van der Waals surface area contributed by atoms with Crippen LogP contribution in [0.15, 0.2) is 102 Å². The Kier molecular flexibility index (Phi) is 8.94. The van der Waals surface area contributed by atoms with Crippen LogP contribution in [-0.2, 0) is 6.42 Å². The molecule has 0 heterocycles. The van der Waals surface area contributed by atoms with Gasteiger partial charge in [0, 0.05) is 17.7 Å². The fourth-order valence-corrected chi connectivity index (χ4v) is 4.16. The van der Waals surface area contributed by atoms with Gasteiger partial charge < -0.3 is 20.1 Å². The van der Waals surface area contributed by atoms with E-state index >= 15 is 0 Å². The number of carbonyl (C=O) groups is 2. The van der Waals surface area contributed by atoms with Crippen LogP contribution >= 0.6 is 15.9 Å². The second-order valence-electron chi connectivity index (χ2n) is 8.14. The van der Waals surface area contributed by atoms with Crippen molar-refractivity contribution in [2.45, 2.75) is 13.3 Å². The fraction of sp³-hybridized carbons (Fsp3) is 0.133. The van der Waals surface area contributed by atoms with Crippen LogP contribution in [0.4, 0.5) is 11.4 Å². The van der Waals surface area contributed by atoms with E-state index < -0.39 is 0 Å². The zero-order valence-corrected chi connectivity index (χ0v) is 22.0. The number of anilines is 2. The highest BCUT2D eigenvalue weighted by atomic mass is 79.9. The van der Waals surface area contributed by atoms with Gasteiger partial charge in [-0.3, -0.25) is 9.59 Å². The molecule has 6 nitrogen and oxygen atoms in total. The van der Waals surface area contributed by atoms with Gasteiger partial charge >= 0.3 is 0 Å². The van der Waals surface area contributed by atoms with Crippen molar-refractivity contribution in [3.8, 4) is 11.5 Å². The predicted molar refractivity (Wildman–Crippen MR) is 150 cm³/mol. The standard InChI is InChI=1S/C30H27BrN2O4/c1-2-36-24-15-13-23(14-16-24)32-30(35)25-10-6-7-11-27(25)33-29(34)22-12-17-28(26(31)20-22)37-19-18-21-8-4-3-5-9-21/h3-17,20H,2,18-19H2,1H3,(H,32,35)(H,33,34). The number of hydrogen-bond acceptors (Lipinski definition) is 4. The van der Waals surface area contributed by atoms with Crippen LogP contribution in [0.2, 0.25) is 0 Å². The van der Waals surface area contributed by atoms with E-state index in [-0.39, 0.29) is 11.8 Å². The average Bonchev–Trinajstić information content (AvgIpc) is 2.91. The highest BCUT2D eigenvalue weighted by Gasteiger charge is 2.15. The minimum atomic E-state index is -0.335. The molecule has 2 N–H and O–H groups in total. The van der Waals surface area contributed by atoms with Crippen molar-refractivity contribution >= 4 is 39.1 Å². The second-order valence-corrected chi connectivity index (χ2v) is 8.99. The fourth-order valence-electron chi connectivity index (χ4n) is 3.67. The van der Waals surface area contributed by atoms with Gasteiger partial charge in [-0.05, 0) is 83.0 Å². The lowest BCUT2D eigenvalue weighted by Gasteiger charge is -2.13. The quantitative estimate of drug-likeness (QED) is 0.220. The van der Waals surface area contributed by atoms with Gasteiger partial charge in [-0.15, -0.1) is 0 Å². The Labute approximate surface area is 224 Å². The van der Waals surface area contributed by atoms with Crippen molar-refractivity contribution in [3.63, 3.8) is 0 Å². The summed E-state index contributed by atoms with van der Waals surface area (Å²) in [5.41, 5.74) is 3.02. The molecule has 0 saturated carbocycles. The molecular weight excluding hydrogens is 532 g/mol. The zero-order valence-electron chi connectivity index (χ0n) is 20.4. The third-order valence-electron chi connectivity index (χ3n) is 5.53. The van der Waals surface area contributed by atoms with Crippen LogP contribution in [0.1, 0.15) is 33.2 Å². The molecule has 188 valence electrons. The third-order valence-corrected chi connectivity index (χ3v) is 6.15. The van der Waals surface area contributed by atoms with Gasteiger partial charge in [0.2, 0.25) is 0 Å². The summed E-state index contributed by atoms with van der Waals surface area (Å²) in [5, 5.41) is 5.71. The molecule has 4 aromatic rings. The molecule has 4 aromatic carbocycles. The van der Waals surface area contributed by atoms with Crippen molar-refractivity contribution in [1.29, 1.82) is 0 Å². The topological polar surface area (TPSA) is 76.7 Å². The van der Waals surface area contributed by atoms with Crippen LogP contribution in [-0.4, -0.2) is 25.0 Å². The number of amides is 2. The predicted octanol–water partition coefficient (Wildman–Crippen LogP) is 6.97. The summed E-state index contributed by atoms with van der Waals surface area (Å²) in [5.74, 6) is 0.718. The summed E-state index contributed by atoms with van der Waals surface area (Å²) >= 11 is 3.50. The molecule has 0 bridgehead atoms. The summed E-state index contributed by atoms with van der Waals surface area (Å²) < 4.78 is 12.0. The molecule has 0 saturated heterocycles. The number of ether oxygens (including phenoxy) is 2. The van der Waals surface area contributed by atoms with Crippen molar-refractivity contribution in [2.24, 2.45) is 0 Å². The number of rotatable bonds is 10. The Morgan fingerprint density at radius 1 is 0.784 bits per heavy atom. The van der Waals surface area contributed by atoms with Gasteiger partial charge in [0.15, 0.2) is 0 Å². The van der Waals surface area contributed by atoms with E-state index in [1.165, 1.54) is 5.56 Å². The van der Waals surface area contributed by atoms with Gasteiger partial charge in [0.1, 0.15) is 11.5 Å². The number of benzene rings is 4. The van der Waals surface area contributed by atoms with E-state index in [9.17, 15) is 9.59 Å². The summed E-state index contributed by atoms with van der Waals surface area (Å²) in [4.78, 5) is 25.9. The molecule has 2 amide bonds. The maximum Gasteiger partial charge on any atom is 0.257 e. The van der Waals surface area contributed by atoms with Gasteiger partial charge in [-0.25, -0.2) is 0 Å². The van der Waals surface area contributed by atoms with Crippen LogP contribution in [0.25, 0.3) is 0 Å². The maximum absolute atomic E-state index is 13.0. The molecule has 0 aromatic heterocycles. The summed E-state index contributed by atoms with van der Waals surface area (Å²) in [7, 11) is 0. The van der Waals surface area contributed by atoms with Gasteiger partial charge in [-0.1, -0.05) is 42.5 Å². The summed E-state index contributed by atoms with van der Waals surface area (Å²) in [6, 6.07) is 29.3. The second kappa shape index (κ2) is 12.7. The molecule has 0 spiro atoms. The van der Waals surface area contributed by atoms with Crippen molar-refractivity contribution < 1.29 is 19.1 Å². The maximum atomic E-state index is 13.0. The Morgan fingerprint density at radius 2 is 1.51 bits per heavy atom. The lowest BCUT2D eigenvalue weighted by Crippen LogP contribution is -2.18. The lowest BCUT2D eigenvalue weighted by molar-refractivity contribution is 0.102. The van der Waals surface area contributed by atoms with Crippen LogP contribution in [0.5, 0.6) is 11.5 Å². The molecule has 0 unspecified atom stereocenters. The first-order chi connectivity index (χ1) is 18.0. The molecule has 4 rings (SSSR count). The Hall–Kier alpha value is -4.10. The molecule has 7 heteroatoms. The molecule has 0 aliphatic heterocycles. The average molecular weight is 559 g/mol. The molecule has 37 heavy (non-hydrogen) atoms. The number of halogens is 1. The third kappa shape index (κ3) is 7.21. The van der Waals surface area contributed by atoms with Crippen molar-refractivity contribution in [2.75, 3.05) is 23.8 Å². The number of carbonyl (C=O) groups excluding carboxylic acids is 2. The van der Waals surface area contributed by atoms with Crippen LogP contribution in [0.3, 0.4) is 0 Å². The van der Waals surface area contributed by atoms with E-state index in [0.29, 0.717) is 45.9 Å². The largest absolute Gasteiger partial charge is 0.494 e. The first-order valence-electron chi connectivity index (χ1n) is 11.9. The van der Waals surface area contributed by atoms with E-state index in [4.69, 9.17) is 9.47 Å². The highest BCUT2D eigenvalue weighted by molar-refractivity contribution is 9.10. The molecule has 0 atom stereocenters. The normalized spacial score (nSPS) is 10.4. The molecule has 0 aliphatic rings. The van der Waals surface area contributed by atoms with E-state index in [0.717, 1.165) is 12.2 Å². The van der Waals surface area contributed by atoms with Gasteiger partial charge in [0.25, 0.3) is 11.8 Å². The smallest absolute Gasteiger partial charge is 0.257 e. The Morgan fingerprint density at radius 3 is 2.24 bits per heavy atom. The number of hydrogen-bond donors (Lipinski definition) is 2. The first-order valence-corrected chi connectivity index (χ1v) is 12.7. The van der Waals surface area contributed by atoms with Gasteiger partial charge in [-0.2, -0.15) is 0 Å². The monoisotopic (exact) mass is 558 g/mol. The van der Waals surface area contributed by atoms with E-state index in [2.05, 4.69) is 38.7 Å². The summed E-state index contributed by atoms with van der Waals surface area (Å²) in [6.45, 7) is 3.00. The Bertz CT molecular complexity index is 1360. The zero-order chi connectivity index (χ0) is 26.0. The van der Waals surface area contributed by atoms with Crippen LogP contribution < -0.4 is 20.1 Å². The van der Waals surface area contributed by atoms with Crippen molar-refractivity contribution in [1.82, 2.24) is 0 Å². The minimum absolute atomic E-state index is 0.330. The minimum Gasteiger partial charge on any atom is -0.494 e. The summed E-state index contributed by atoms with van der Waals surface area (Å²) in [6.07, 6.45) is 0.783. The first kappa shape index (κ1) is 26.0. The SMILES string of the molecule is CCOc1ccc(NC(=O)c2ccccc2NC(=O)c2ccc(OCCc3ccccc3)c(Br)c2)cc1. The van der Waals surface area contributed by atoms with E-state index in [1.807, 2.05) is 25.1 Å². The number of nitrogens with one attached hydrogen (secondary N) is 2. The van der Waals surface area contributed by atoms with Gasteiger partial charge in [0.05, 0.1) is 28.9 Å². The van der Waals surface area contributed by atoms with Crippen molar-refractivity contribution in [3.05, 3.63) is 118 Å².